The van der Waals surface area contributed by atoms with Crippen LogP contribution in [-0.4, -0.2) is 15.0 Å². The molecule has 128 valence electrons. The van der Waals surface area contributed by atoms with Crippen LogP contribution in [0.3, 0.4) is 0 Å². The largest absolute Gasteiger partial charge is 0.277 e. The van der Waals surface area contributed by atoms with E-state index in [9.17, 15) is 4.79 Å². The fourth-order valence-corrected chi connectivity index (χ4v) is 3.05. The van der Waals surface area contributed by atoms with Gasteiger partial charge >= 0.3 is 0 Å². The van der Waals surface area contributed by atoms with Gasteiger partial charge in [-0.15, -0.1) is 5.10 Å². The van der Waals surface area contributed by atoms with Crippen LogP contribution < -0.4 is 10.1 Å². The molecule has 5 heteroatoms. The SMILES string of the molecule is Cc1ccccc1C[n+]1cccc(Cn2nnc3ccccc3c2=O)c1. The van der Waals surface area contributed by atoms with E-state index in [-0.39, 0.29) is 5.56 Å². The van der Waals surface area contributed by atoms with E-state index in [2.05, 4.69) is 46.2 Å². The summed E-state index contributed by atoms with van der Waals surface area (Å²) in [7, 11) is 0. The van der Waals surface area contributed by atoms with Gasteiger partial charge in [-0.05, 0) is 30.7 Å². The third-order valence-electron chi connectivity index (χ3n) is 4.50. The van der Waals surface area contributed by atoms with E-state index in [0.29, 0.717) is 17.4 Å². The first kappa shape index (κ1) is 16.1. The Bertz CT molecular complexity index is 1130. The molecular formula is C21H19N4O+. The molecule has 26 heavy (non-hydrogen) atoms. The zero-order valence-corrected chi connectivity index (χ0v) is 14.5. The summed E-state index contributed by atoms with van der Waals surface area (Å²) in [6.07, 6.45) is 4.08. The fourth-order valence-electron chi connectivity index (χ4n) is 3.05. The van der Waals surface area contributed by atoms with E-state index >= 15 is 0 Å². The van der Waals surface area contributed by atoms with Gasteiger partial charge in [-0.1, -0.05) is 41.6 Å². The van der Waals surface area contributed by atoms with Gasteiger partial charge in [0.05, 0.1) is 11.9 Å². The van der Waals surface area contributed by atoms with Crippen molar-refractivity contribution < 1.29 is 4.57 Å². The van der Waals surface area contributed by atoms with Gasteiger partial charge in [0.15, 0.2) is 18.9 Å². The Kier molecular flexibility index (Phi) is 4.27. The van der Waals surface area contributed by atoms with Crippen LogP contribution in [0.25, 0.3) is 10.9 Å². The lowest BCUT2D eigenvalue weighted by Crippen LogP contribution is -2.35. The minimum absolute atomic E-state index is 0.120. The van der Waals surface area contributed by atoms with Crippen molar-refractivity contribution in [2.24, 2.45) is 0 Å². The van der Waals surface area contributed by atoms with Crippen LogP contribution >= 0.6 is 0 Å². The van der Waals surface area contributed by atoms with Crippen LogP contribution in [0.15, 0.2) is 77.9 Å². The Morgan fingerprint density at radius 3 is 2.69 bits per heavy atom. The third-order valence-corrected chi connectivity index (χ3v) is 4.50. The first-order valence-corrected chi connectivity index (χ1v) is 8.56. The van der Waals surface area contributed by atoms with Crippen molar-refractivity contribution in [1.29, 1.82) is 0 Å². The summed E-state index contributed by atoms with van der Waals surface area (Å²) in [5.74, 6) is 0. The van der Waals surface area contributed by atoms with Crippen molar-refractivity contribution in [2.75, 3.05) is 0 Å². The molecule has 2 aromatic heterocycles. The zero-order valence-electron chi connectivity index (χ0n) is 14.5. The van der Waals surface area contributed by atoms with Gasteiger partial charge in [-0.3, -0.25) is 4.79 Å². The first-order valence-electron chi connectivity index (χ1n) is 8.56. The Morgan fingerprint density at radius 1 is 1.00 bits per heavy atom. The normalized spacial score (nSPS) is 11.0. The number of rotatable bonds is 4. The number of nitrogens with zero attached hydrogens (tertiary/aromatic N) is 4. The number of pyridine rings is 1. The smallest absolute Gasteiger partial charge is 0.267 e. The van der Waals surface area contributed by atoms with Crippen molar-refractivity contribution in [2.45, 2.75) is 20.0 Å². The van der Waals surface area contributed by atoms with Crippen LogP contribution in [0.4, 0.5) is 0 Å². The molecule has 2 aromatic carbocycles. The summed E-state index contributed by atoms with van der Waals surface area (Å²) < 4.78 is 3.53. The predicted octanol–water partition coefficient (Wildman–Crippen LogP) is 2.48. The first-order chi connectivity index (χ1) is 12.7. The molecule has 0 saturated heterocycles. The third kappa shape index (κ3) is 3.24. The van der Waals surface area contributed by atoms with E-state index < -0.39 is 0 Å². The summed E-state index contributed by atoms with van der Waals surface area (Å²) in [5.41, 5.74) is 4.05. The Balaban J connectivity index is 1.63. The standard InChI is InChI=1S/C21H19N4O/c1-16-7-2-3-9-18(16)15-24-12-6-8-17(13-24)14-25-21(26)19-10-4-5-11-20(19)22-23-25/h2-13H,14-15H2,1H3/q+1. The highest BCUT2D eigenvalue weighted by Gasteiger charge is 2.10. The Labute approximate surface area is 151 Å². The van der Waals surface area contributed by atoms with Crippen LogP contribution in [-0.2, 0) is 13.1 Å². The van der Waals surface area contributed by atoms with E-state index in [1.54, 1.807) is 12.1 Å². The summed E-state index contributed by atoms with van der Waals surface area (Å²) in [6.45, 7) is 3.30. The van der Waals surface area contributed by atoms with Gasteiger partial charge in [-0.25, -0.2) is 9.25 Å². The lowest BCUT2D eigenvalue weighted by Gasteiger charge is -2.06. The maximum Gasteiger partial charge on any atom is 0.277 e. The van der Waals surface area contributed by atoms with E-state index in [1.165, 1.54) is 15.8 Å². The molecule has 5 nitrogen and oxygen atoms in total. The summed E-state index contributed by atoms with van der Waals surface area (Å²) in [5, 5.41) is 8.81. The second-order valence-corrected chi connectivity index (χ2v) is 6.38. The predicted molar refractivity (Wildman–Crippen MR) is 99.8 cm³/mol. The molecule has 4 aromatic rings. The maximum absolute atomic E-state index is 12.6. The summed E-state index contributed by atoms with van der Waals surface area (Å²) >= 11 is 0. The van der Waals surface area contributed by atoms with Gasteiger partial charge in [0.2, 0.25) is 0 Å². The van der Waals surface area contributed by atoms with E-state index in [1.807, 2.05) is 36.5 Å². The summed E-state index contributed by atoms with van der Waals surface area (Å²) in [6, 6.07) is 19.6. The molecule has 0 amide bonds. The fraction of sp³-hybridized carbons (Fsp3) is 0.143. The lowest BCUT2D eigenvalue weighted by molar-refractivity contribution is -0.688. The van der Waals surface area contributed by atoms with E-state index in [4.69, 9.17) is 0 Å². The Hall–Kier alpha value is -3.34. The quantitative estimate of drug-likeness (QED) is 0.535. The maximum atomic E-state index is 12.6. The second kappa shape index (κ2) is 6.88. The highest BCUT2D eigenvalue weighted by molar-refractivity contribution is 5.76. The molecule has 0 aliphatic carbocycles. The van der Waals surface area contributed by atoms with Crippen molar-refractivity contribution in [1.82, 2.24) is 15.0 Å². The number of aryl methyl sites for hydroxylation is 1. The minimum Gasteiger partial charge on any atom is -0.267 e. The van der Waals surface area contributed by atoms with Crippen molar-refractivity contribution in [3.05, 3.63) is 100 Å². The van der Waals surface area contributed by atoms with Crippen LogP contribution in [0.5, 0.6) is 0 Å². The van der Waals surface area contributed by atoms with Crippen LogP contribution in [0.2, 0.25) is 0 Å². The number of hydrogen-bond donors (Lipinski definition) is 0. The highest BCUT2D eigenvalue weighted by atomic mass is 16.1. The Morgan fingerprint density at radius 2 is 1.81 bits per heavy atom. The molecule has 0 radical (unpaired) electrons. The molecule has 0 bridgehead atoms. The van der Waals surface area contributed by atoms with Gasteiger partial charge in [-0.2, -0.15) is 0 Å². The number of aromatic nitrogens is 4. The highest BCUT2D eigenvalue weighted by Crippen LogP contribution is 2.07. The van der Waals surface area contributed by atoms with E-state index in [0.717, 1.165) is 12.1 Å². The van der Waals surface area contributed by atoms with Crippen molar-refractivity contribution in [3.8, 4) is 0 Å². The molecule has 2 heterocycles. The van der Waals surface area contributed by atoms with Crippen LogP contribution in [0.1, 0.15) is 16.7 Å². The average molecular weight is 343 g/mol. The van der Waals surface area contributed by atoms with Crippen molar-refractivity contribution in [3.63, 3.8) is 0 Å². The molecule has 0 unspecified atom stereocenters. The van der Waals surface area contributed by atoms with Crippen LogP contribution in [0, 0.1) is 6.92 Å². The lowest BCUT2D eigenvalue weighted by atomic mass is 10.1. The topological polar surface area (TPSA) is 51.7 Å². The van der Waals surface area contributed by atoms with Gasteiger partial charge in [0.25, 0.3) is 5.56 Å². The van der Waals surface area contributed by atoms with Gasteiger partial charge < -0.3 is 0 Å². The zero-order chi connectivity index (χ0) is 17.9. The van der Waals surface area contributed by atoms with Gasteiger partial charge in [0.1, 0.15) is 5.52 Å². The number of fused-ring (bicyclic) bond motifs is 1. The molecular weight excluding hydrogens is 324 g/mol. The summed E-state index contributed by atoms with van der Waals surface area (Å²) in [4.78, 5) is 12.6. The molecule has 0 N–H and O–H groups in total. The van der Waals surface area contributed by atoms with Gasteiger partial charge in [0, 0.05) is 17.2 Å². The molecule has 0 spiro atoms. The van der Waals surface area contributed by atoms with Crippen molar-refractivity contribution >= 4 is 10.9 Å². The molecule has 4 rings (SSSR count). The molecule has 0 saturated carbocycles. The monoisotopic (exact) mass is 343 g/mol. The second-order valence-electron chi connectivity index (χ2n) is 6.38. The molecule has 0 aliphatic heterocycles. The number of benzene rings is 2. The number of hydrogen-bond acceptors (Lipinski definition) is 3. The molecule has 0 atom stereocenters. The minimum atomic E-state index is -0.120. The molecule has 0 fully saturated rings. The molecule has 0 aliphatic rings. The average Bonchev–Trinajstić information content (AvgIpc) is 2.67.